The van der Waals surface area contributed by atoms with Crippen molar-refractivity contribution in [3.63, 3.8) is 0 Å². The highest BCUT2D eigenvalue weighted by Crippen LogP contribution is 2.18. The lowest BCUT2D eigenvalue weighted by atomic mass is 10.7. The van der Waals surface area contributed by atoms with E-state index in [-0.39, 0.29) is 18.6 Å². The van der Waals surface area contributed by atoms with Crippen LogP contribution in [0.5, 0.6) is 12.0 Å². The first-order valence-electron chi connectivity index (χ1n) is 4.70. The standard InChI is InChI=1S/C8H11F3N4O2/c1-3-16-6-13-5(12-2)14-7(15-6)17-4-8(9,10)11/h3-4H2,1-2H3,(H,12,13,14,15). The van der Waals surface area contributed by atoms with Gasteiger partial charge in [0.25, 0.3) is 0 Å². The number of alkyl halides is 3. The zero-order valence-electron chi connectivity index (χ0n) is 9.21. The van der Waals surface area contributed by atoms with Gasteiger partial charge in [0.05, 0.1) is 6.61 Å². The molecule has 1 aromatic rings. The first-order chi connectivity index (χ1) is 7.94. The maximum atomic E-state index is 11.9. The Morgan fingerprint density at radius 1 is 1.12 bits per heavy atom. The highest BCUT2D eigenvalue weighted by atomic mass is 19.4. The molecule has 0 aliphatic carbocycles. The van der Waals surface area contributed by atoms with Crippen molar-refractivity contribution in [1.82, 2.24) is 15.0 Å². The number of anilines is 1. The number of hydrogen-bond acceptors (Lipinski definition) is 6. The minimum Gasteiger partial charge on any atom is -0.464 e. The largest absolute Gasteiger partial charge is 0.464 e. The Balaban J connectivity index is 2.79. The monoisotopic (exact) mass is 252 g/mol. The fourth-order valence-corrected chi connectivity index (χ4v) is 0.854. The fourth-order valence-electron chi connectivity index (χ4n) is 0.854. The molecule has 0 atom stereocenters. The van der Waals surface area contributed by atoms with Crippen LogP contribution >= 0.6 is 0 Å². The van der Waals surface area contributed by atoms with Crippen molar-refractivity contribution in [2.75, 3.05) is 25.6 Å². The van der Waals surface area contributed by atoms with Crippen LogP contribution in [0.4, 0.5) is 19.1 Å². The molecule has 96 valence electrons. The van der Waals surface area contributed by atoms with E-state index in [2.05, 4.69) is 25.0 Å². The second-order valence-corrected chi connectivity index (χ2v) is 2.81. The van der Waals surface area contributed by atoms with Crippen molar-refractivity contribution in [1.29, 1.82) is 0 Å². The van der Waals surface area contributed by atoms with E-state index < -0.39 is 18.8 Å². The molecule has 0 radical (unpaired) electrons. The molecular formula is C8H11F3N4O2. The lowest BCUT2D eigenvalue weighted by Crippen LogP contribution is -2.20. The molecule has 0 spiro atoms. The van der Waals surface area contributed by atoms with Gasteiger partial charge in [-0.15, -0.1) is 4.98 Å². The molecule has 0 aliphatic rings. The molecule has 0 aliphatic heterocycles. The molecule has 1 N–H and O–H groups in total. The zero-order chi connectivity index (χ0) is 12.9. The van der Waals surface area contributed by atoms with Crippen LogP contribution in [-0.4, -0.2) is 41.4 Å². The summed E-state index contributed by atoms with van der Waals surface area (Å²) in [7, 11) is 1.51. The van der Waals surface area contributed by atoms with Gasteiger partial charge in [0.2, 0.25) is 5.95 Å². The van der Waals surface area contributed by atoms with Gasteiger partial charge in [0.1, 0.15) is 0 Å². The van der Waals surface area contributed by atoms with E-state index in [0.717, 1.165) is 0 Å². The Kier molecular flexibility index (Phi) is 4.30. The molecule has 0 unspecified atom stereocenters. The third kappa shape index (κ3) is 4.70. The van der Waals surface area contributed by atoms with Crippen LogP contribution in [0, 0.1) is 0 Å². The Bertz CT molecular complexity index is 372. The van der Waals surface area contributed by atoms with E-state index in [4.69, 9.17) is 4.74 Å². The van der Waals surface area contributed by atoms with E-state index >= 15 is 0 Å². The predicted molar refractivity (Wildman–Crippen MR) is 52.1 cm³/mol. The van der Waals surface area contributed by atoms with Crippen LogP contribution in [0.3, 0.4) is 0 Å². The summed E-state index contributed by atoms with van der Waals surface area (Å²) >= 11 is 0. The average molecular weight is 252 g/mol. The normalized spacial score (nSPS) is 11.1. The van der Waals surface area contributed by atoms with Gasteiger partial charge < -0.3 is 14.8 Å². The fraction of sp³-hybridized carbons (Fsp3) is 0.625. The summed E-state index contributed by atoms with van der Waals surface area (Å²) in [6.07, 6.45) is -4.45. The molecule has 1 rings (SSSR count). The maximum Gasteiger partial charge on any atom is 0.422 e. The van der Waals surface area contributed by atoms with Gasteiger partial charge in [-0.05, 0) is 6.92 Å². The van der Waals surface area contributed by atoms with Crippen LogP contribution in [0.1, 0.15) is 6.92 Å². The van der Waals surface area contributed by atoms with Crippen LogP contribution in [-0.2, 0) is 0 Å². The molecule has 1 heterocycles. The zero-order valence-corrected chi connectivity index (χ0v) is 9.21. The molecular weight excluding hydrogens is 241 g/mol. The van der Waals surface area contributed by atoms with Gasteiger partial charge in [-0.25, -0.2) is 0 Å². The third-order valence-electron chi connectivity index (χ3n) is 1.46. The van der Waals surface area contributed by atoms with Gasteiger partial charge >= 0.3 is 18.2 Å². The number of nitrogens with zero attached hydrogens (tertiary/aromatic N) is 3. The van der Waals surface area contributed by atoms with E-state index in [1.165, 1.54) is 7.05 Å². The minimum atomic E-state index is -4.45. The average Bonchev–Trinajstić information content (AvgIpc) is 2.25. The maximum absolute atomic E-state index is 11.9. The van der Waals surface area contributed by atoms with Crippen molar-refractivity contribution in [3.8, 4) is 12.0 Å². The minimum absolute atomic E-state index is 0.0700. The molecule has 17 heavy (non-hydrogen) atoms. The van der Waals surface area contributed by atoms with Crippen molar-refractivity contribution in [2.45, 2.75) is 13.1 Å². The van der Waals surface area contributed by atoms with Gasteiger partial charge in [0.15, 0.2) is 6.61 Å². The topological polar surface area (TPSA) is 69.2 Å². The van der Waals surface area contributed by atoms with Crippen LogP contribution < -0.4 is 14.8 Å². The Morgan fingerprint density at radius 3 is 2.18 bits per heavy atom. The second kappa shape index (κ2) is 5.51. The number of halogens is 3. The Labute approximate surface area is 95.2 Å². The first-order valence-corrected chi connectivity index (χ1v) is 4.70. The van der Waals surface area contributed by atoms with E-state index in [1.807, 2.05) is 0 Å². The highest BCUT2D eigenvalue weighted by molar-refractivity contribution is 5.26. The van der Waals surface area contributed by atoms with Gasteiger partial charge in [-0.1, -0.05) is 0 Å². The van der Waals surface area contributed by atoms with Crippen molar-refractivity contribution in [3.05, 3.63) is 0 Å². The van der Waals surface area contributed by atoms with Crippen LogP contribution in [0.25, 0.3) is 0 Å². The van der Waals surface area contributed by atoms with E-state index in [9.17, 15) is 13.2 Å². The smallest absolute Gasteiger partial charge is 0.422 e. The van der Waals surface area contributed by atoms with Crippen LogP contribution in [0.15, 0.2) is 0 Å². The quantitative estimate of drug-likeness (QED) is 0.850. The van der Waals surface area contributed by atoms with E-state index in [0.29, 0.717) is 0 Å². The summed E-state index contributed by atoms with van der Waals surface area (Å²) in [4.78, 5) is 10.9. The SMILES string of the molecule is CCOc1nc(NC)nc(OCC(F)(F)F)n1. The summed E-state index contributed by atoms with van der Waals surface area (Å²) in [6.45, 7) is 0.511. The molecule has 9 heteroatoms. The Hall–Kier alpha value is -1.80. The lowest BCUT2D eigenvalue weighted by molar-refractivity contribution is -0.154. The first kappa shape index (κ1) is 13.3. The molecule has 0 fully saturated rings. The van der Waals surface area contributed by atoms with Crippen molar-refractivity contribution < 1.29 is 22.6 Å². The number of nitrogens with one attached hydrogen (secondary N) is 1. The molecule has 0 saturated carbocycles. The van der Waals surface area contributed by atoms with E-state index in [1.54, 1.807) is 6.92 Å². The highest BCUT2D eigenvalue weighted by Gasteiger charge is 2.29. The molecule has 0 bridgehead atoms. The number of hydrogen-bond donors (Lipinski definition) is 1. The lowest BCUT2D eigenvalue weighted by Gasteiger charge is -2.09. The van der Waals surface area contributed by atoms with Gasteiger partial charge in [-0.2, -0.15) is 23.1 Å². The van der Waals surface area contributed by atoms with Crippen molar-refractivity contribution >= 4 is 5.95 Å². The summed E-state index contributed by atoms with van der Waals surface area (Å²) < 4.78 is 45.1. The number of rotatable bonds is 5. The summed E-state index contributed by atoms with van der Waals surface area (Å²) in [6, 6.07) is -0.533. The number of aromatic nitrogens is 3. The molecule has 0 amide bonds. The predicted octanol–water partition coefficient (Wildman–Crippen LogP) is 1.25. The third-order valence-corrected chi connectivity index (χ3v) is 1.46. The summed E-state index contributed by atoms with van der Waals surface area (Å²) in [5.41, 5.74) is 0. The second-order valence-electron chi connectivity index (χ2n) is 2.81. The molecule has 6 nitrogen and oxygen atoms in total. The van der Waals surface area contributed by atoms with Gasteiger partial charge in [0, 0.05) is 7.05 Å². The van der Waals surface area contributed by atoms with Gasteiger partial charge in [-0.3, -0.25) is 0 Å². The Morgan fingerprint density at radius 2 is 1.71 bits per heavy atom. The molecule has 0 aromatic carbocycles. The molecule has 0 saturated heterocycles. The van der Waals surface area contributed by atoms with Crippen molar-refractivity contribution in [2.24, 2.45) is 0 Å². The molecule has 1 aromatic heterocycles. The summed E-state index contributed by atoms with van der Waals surface area (Å²) in [5, 5.41) is 2.56. The summed E-state index contributed by atoms with van der Waals surface area (Å²) in [5.74, 6) is 0.0700. The van der Waals surface area contributed by atoms with Crippen LogP contribution in [0.2, 0.25) is 0 Å². The number of ether oxygens (including phenoxy) is 2.